The summed E-state index contributed by atoms with van der Waals surface area (Å²) in [7, 11) is 1.42. The Kier molecular flexibility index (Phi) is 3.50. The van der Waals surface area contributed by atoms with Crippen LogP contribution in [0.25, 0.3) is 0 Å². The average Bonchev–Trinajstić information content (AvgIpc) is 2.16. The van der Waals surface area contributed by atoms with Crippen molar-refractivity contribution in [1.29, 1.82) is 0 Å². The quantitative estimate of drug-likeness (QED) is 0.817. The van der Waals surface area contributed by atoms with Crippen LogP contribution in [0.15, 0.2) is 12.1 Å². The molecule has 0 aliphatic carbocycles. The zero-order chi connectivity index (χ0) is 12.3. The van der Waals surface area contributed by atoms with Gasteiger partial charge >= 0.3 is 5.97 Å². The van der Waals surface area contributed by atoms with Crippen LogP contribution in [0.5, 0.6) is 5.75 Å². The van der Waals surface area contributed by atoms with Crippen LogP contribution in [0.4, 0.5) is 5.69 Å². The lowest BCUT2D eigenvalue weighted by Crippen LogP contribution is -2.13. The molecule has 0 spiro atoms. The summed E-state index contributed by atoms with van der Waals surface area (Å²) in [5.41, 5.74) is 0.814. The number of rotatable bonds is 3. The Bertz CT molecular complexity index is 440. The number of carbonyl (C=O) groups excluding carboxylic acids is 1. The molecule has 5 heteroatoms. The van der Waals surface area contributed by atoms with E-state index in [-0.39, 0.29) is 17.2 Å². The highest BCUT2D eigenvalue weighted by atomic mass is 16.5. The van der Waals surface area contributed by atoms with Gasteiger partial charge in [0.2, 0.25) is 5.91 Å². The fourth-order valence-corrected chi connectivity index (χ4v) is 1.43. The number of aromatic carboxylic acids is 1. The van der Waals surface area contributed by atoms with Crippen LogP contribution in [-0.2, 0) is 4.79 Å². The van der Waals surface area contributed by atoms with E-state index in [0.29, 0.717) is 11.3 Å². The van der Waals surface area contributed by atoms with Gasteiger partial charge in [0.15, 0.2) is 0 Å². The molecular weight excluding hydrogens is 210 g/mol. The van der Waals surface area contributed by atoms with Gasteiger partial charge in [-0.1, -0.05) is 6.07 Å². The van der Waals surface area contributed by atoms with Crippen LogP contribution >= 0.6 is 0 Å². The van der Waals surface area contributed by atoms with Crippen molar-refractivity contribution >= 4 is 17.6 Å². The third-order valence-electron chi connectivity index (χ3n) is 2.11. The standard InChI is InChI=1S/C11H13NO4/c1-6-4-5-8(16-3)10(12-7(2)13)9(6)11(14)15/h4-5H,1-3H3,(H,12,13)(H,14,15). The second-order valence-corrected chi connectivity index (χ2v) is 3.32. The second-order valence-electron chi connectivity index (χ2n) is 3.32. The Balaban J connectivity index is 3.42. The van der Waals surface area contributed by atoms with Gasteiger partial charge in [0.25, 0.3) is 0 Å². The van der Waals surface area contributed by atoms with Crippen molar-refractivity contribution in [2.24, 2.45) is 0 Å². The largest absolute Gasteiger partial charge is 0.495 e. The predicted octanol–water partition coefficient (Wildman–Crippen LogP) is 1.66. The zero-order valence-electron chi connectivity index (χ0n) is 9.33. The van der Waals surface area contributed by atoms with E-state index in [1.807, 2.05) is 0 Å². The Hall–Kier alpha value is -2.04. The van der Waals surface area contributed by atoms with Gasteiger partial charge in [0, 0.05) is 6.92 Å². The van der Waals surface area contributed by atoms with E-state index in [1.54, 1.807) is 19.1 Å². The molecule has 0 bridgehead atoms. The molecular formula is C11H13NO4. The maximum absolute atomic E-state index is 11.1. The molecule has 1 rings (SSSR count). The van der Waals surface area contributed by atoms with Gasteiger partial charge in [-0.25, -0.2) is 4.79 Å². The maximum Gasteiger partial charge on any atom is 0.338 e. The zero-order valence-corrected chi connectivity index (χ0v) is 9.33. The maximum atomic E-state index is 11.1. The number of ether oxygens (including phenoxy) is 1. The van der Waals surface area contributed by atoms with Crippen molar-refractivity contribution in [2.75, 3.05) is 12.4 Å². The van der Waals surface area contributed by atoms with Crippen molar-refractivity contribution in [1.82, 2.24) is 0 Å². The molecule has 0 radical (unpaired) electrons. The number of aryl methyl sites for hydroxylation is 1. The van der Waals surface area contributed by atoms with Crippen molar-refractivity contribution in [3.63, 3.8) is 0 Å². The van der Waals surface area contributed by atoms with Gasteiger partial charge in [-0.3, -0.25) is 4.79 Å². The van der Waals surface area contributed by atoms with Crippen LogP contribution in [0.3, 0.4) is 0 Å². The van der Waals surface area contributed by atoms with Gasteiger partial charge in [-0.15, -0.1) is 0 Å². The molecule has 1 aromatic carbocycles. The normalized spacial score (nSPS) is 9.69. The summed E-state index contributed by atoms with van der Waals surface area (Å²) in [6.45, 7) is 2.97. The van der Waals surface area contributed by atoms with Crippen LogP contribution in [0, 0.1) is 6.92 Å². The van der Waals surface area contributed by atoms with E-state index in [2.05, 4.69) is 5.32 Å². The topological polar surface area (TPSA) is 75.6 Å². The molecule has 0 fully saturated rings. The van der Waals surface area contributed by atoms with Crippen LogP contribution in [0.2, 0.25) is 0 Å². The fraction of sp³-hybridized carbons (Fsp3) is 0.273. The minimum atomic E-state index is -1.10. The van der Waals surface area contributed by atoms with Gasteiger partial charge in [0.05, 0.1) is 18.4 Å². The summed E-state index contributed by atoms with van der Waals surface area (Å²) in [5.74, 6) is -1.11. The predicted molar refractivity (Wildman–Crippen MR) is 59.0 cm³/mol. The Morgan fingerprint density at radius 1 is 1.38 bits per heavy atom. The molecule has 0 atom stereocenters. The lowest BCUT2D eigenvalue weighted by molar-refractivity contribution is -0.114. The van der Waals surface area contributed by atoms with Crippen LogP contribution in [0.1, 0.15) is 22.8 Å². The van der Waals surface area contributed by atoms with E-state index in [1.165, 1.54) is 14.0 Å². The summed E-state index contributed by atoms with van der Waals surface area (Å²) < 4.78 is 5.01. The first-order valence-electron chi connectivity index (χ1n) is 4.65. The molecule has 1 amide bonds. The van der Waals surface area contributed by atoms with Crippen molar-refractivity contribution in [3.8, 4) is 5.75 Å². The molecule has 0 heterocycles. The monoisotopic (exact) mass is 223 g/mol. The highest BCUT2D eigenvalue weighted by molar-refractivity contribution is 6.02. The molecule has 0 aliphatic rings. The average molecular weight is 223 g/mol. The SMILES string of the molecule is COc1ccc(C)c(C(=O)O)c1NC(C)=O. The lowest BCUT2D eigenvalue weighted by Gasteiger charge is -2.13. The van der Waals surface area contributed by atoms with Gasteiger partial charge in [-0.2, -0.15) is 0 Å². The number of carbonyl (C=O) groups is 2. The molecule has 0 aromatic heterocycles. The number of amides is 1. The van der Waals surface area contributed by atoms with Crippen LogP contribution < -0.4 is 10.1 Å². The molecule has 16 heavy (non-hydrogen) atoms. The molecule has 0 aliphatic heterocycles. The van der Waals surface area contributed by atoms with Gasteiger partial charge in [-0.05, 0) is 18.6 Å². The fourth-order valence-electron chi connectivity index (χ4n) is 1.43. The molecule has 5 nitrogen and oxygen atoms in total. The minimum absolute atomic E-state index is 0.0505. The van der Waals surface area contributed by atoms with Crippen molar-refractivity contribution < 1.29 is 19.4 Å². The molecule has 0 saturated heterocycles. The van der Waals surface area contributed by atoms with Crippen LogP contribution in [-0.4, -0.2) is 24.1 Å². The number of benzene rings is 1. The first-order chi connectivity index (χ1) is 7.47. The summed E-state index contributed by atoms with van der Waals surface area (Å²) in [5, 5.41) is 11.5. The number of hydrogen-bond acceptors (Lipinski definition) is 3. The molecule has 2 N–H and O–H groups in total. The van der Waals surface area contributed by atoms with E-state index in [9.17, 15) is 9.59 Å². The summed E-state index contributed by atoms with van der Waals surface area (Å²) in [6, 6.07) is 3.25. The summed E-state index contributed by atoms with van der Waals surface area (Å²) in [4.78, 5) is 22.1. The van der Waals surface area contributed by atoms with E-state index < -0.39 is 5.97 Å². The van der Waals surface area contributed by atoms with E-state index >= 15 is 0 Å². The third kappa shape index (κ3) is 2.31. The number of carboxylic acid groups (broad SMARTS) is 1. The first kappa shape index (κ1) is 12.0. The van der Waals surface area contributed by atoms with Crippen molar-refractivity contribution in [3.05, 3.63) is 23.3 Å². The number of hydrogen-bond donors (Lipinski definition) is 2. The van der Waals surface area contributed by atoms with E-state index in [4.69, 9.17) is 9.84 Å². The molecule has 0 saturated carbocycles. The number of nitrogens with one attached hydrogen (secondary N) is 1. The molecule has 0 unspecified atom stereocenters. The lowest BCUT2D eigenvalue weighted by atomic mass is 10.1. The second kappa shape index (κ2) is 4.65. The smallest absolute Gasteiger partial charge is 0.338 e. The molecule has 1 aromatic rings. The first-order valence-corrected chi connectivity index (χ1v) is 4.65. The number of anilines is 1. The highest BCUT2D eigenvalue weighted by Gasteiger charge is 2.18. The summed E-state index contributed by atoms with van der Waals surface area (Å²) in [6.07, 6.45) is 0. The van der Waals surface area contributed by atoms with Crippen molar-refractivity contribution in [2.45, 2.75) is 13.8 Å². The number of carboxylic acids is 1. The van der Waals surface area contributed by atoms with E-state index in [0.717, 1.165) is 0 Å². The molecule has 86 valence electrons. The minimum Gasteiger partial charge on any atom is -0.495 e. The summed E-state index contributed by atoms with van der Waals surface area (Å²) >= 11 is 0. The highest BCUT2D eigenvalue weighted by Crippen LogP contribution is 2.30. The Labute approximate surface area is 93.0 Å². The number of methoxy groups -OCH3 is 1. The Morgan fingerprint density at radius 2 is 2.00 bits per heavy atom. The third-order valence-corrected chi connectivity index (χ3v) is 2.11. The van der Waals surface area contributed by atoms with Gasteiger partial charge < -0.3 is 15.2 Å². The Morgan fingerprint density at radius 3 is 2.44 bits per heavy atom. The van der Waals surface area contributed by atoms with Gasteiger partial charge in [0.1, 0.15) is 5.75 Å².